The zero-order chi connectivity index (χ0) is 15.9. The first-order valence-corrected chi connectivity index (χ1v) is 7.08. The lowest BCUT2D eigenvalue weighted by Gasteiger charge is -2.13. The highest BCUT2D eigenvalue weighted by Crippen LogP contribution is 2.18. The summed E-state index contributed by atoms with van der Waals surface area (Å²) in [6.07, 6.45) is -0.824. The number of anilines is 1. The molecule has 22 heavy (non-hydrogen) atoms. The average Bonchev–Trinajstić information content (AvgIpc) is 2.52. The molecule has 1 unspecified atom stereocenters. The minimum Gasteiger partial charge on any atom is -0.497 e. The fraction of sp³-hybridized carbons (Fsp3) is 0.188. The predicted octanol–water partition coefficient (Wildman–Crippen LogP) is 3.20. The number of methoxy groups -OCH3 is 1. The van der Waals surface area contributed by atoms with Gasteiger partial charge in [-0.05, 0) is 29.8 Å². The summed E-state index contributed by atoms with van der Waals surface area (Å²) in [5.74, 6) is 0.650. The molecule has 0 heterocycles. The van der Waals surface area contributed by atoms with Crippen molar-refractivity contribution in [3.63, 3.8) is 0 Å². The summed E-state index contributed by atoms with van der Waals surface area (Å²) in [5, 5.41) is 15.8. The highest BCUT2D eigenvalue weighted by atomic mass is 35.5. The Morgan fingerprint density at radius 3 is 2.77 bits per heavy atom. The Morgan fingerprint density at radius 2 is 2.05 bits per heavy atom. The van der Waals surface area contributed by atoms with Gasteiger partial charge in [0.15, 0.2) is 0 Å². The Balaban J connectivity index is 1.87. The number of hydrogen-bond acceptors (Lipinski definition) is 3. The van der Waals surface area contributed by atoms with Gasteiger partial charge in [-0.15, -0.1) is 0 Å². The van der Waals surface area contributed by atoms with E-state index in [1.54, 1.807) is 55.6 Å². The Hall–Kier alpha value is -2.24. The maximum absolute atomic E-state index is 11.8. The Bertz CT molecular complexity index is 649. The monoisotopic (exact) mass is 320 g/mol. The van der Waals surface area contributed by atoms with Crippen LogP contribution < -0.4 is 15.4 Å². The molecule has 0 fully saturated rings. The van der Waals surface area contributed by atoms with Crippen LogP contribution in [0.1, 0.15) is 11.7 Å². The molecule has 5 nitrogen and oxygen atoms in total. The largest absolute Gasteiger partial charge is 0.497 e. The summed E-state index contributed by atoms with van der Waals surface area (Å²) in [7, 11) is 1.56. The lowest BCUT2D eigenvalue weighted by atomic mass is 10.1. The third-order valence-electron chi connectivity index (χ3n) is 3.02. The van der Waals surface area contributed by atoms with Crippen molar-refractivity contribution in [3.05, 3.63) is 59.1 Å². The van der Waals surface area contributed by atoms with E-state index in [1.165, 1.54) is 0 Å². The SMILES string of the molecule is COc1cccc(NC(=O)NCC(O)c2cccc(Cl)c2)c1. The van der Waals surface area contributed by atoms with E-state index in [2.05, 4.69) is 10.6 Å². The maximum atomic E-state index is 11.8. The molecular weight excluding hydrogens is 304 g/mol. The van der Waals surface area contributed by atoms with Gasteiger partial charge in [-0.3, -0.25) is 0 Å². The van der Waals surface area contributed by atoms with Crippen molar-refractivity contribution in [3.8, 4) is 5.75 Å². The number of rotatable bonds is 5. The molecular formula is C16H17ClN2O3. The van der Waals surface area contributed by atoms with Crippen LogP contribution in [0.4, 0.5) is 10.5 Å². The molecule has 2 rings (SSSR count). The first-order chi connectivity index (χ1) is 10.6. The molecule has 1 atom stereocenters. The van der Waals surface area contributed by atoms with E-state index in [-0.39, 0.29) is 6.54 Å². The van der Waals surface area contributed by atoms with Crippen LogP contribution in [0.5, 0.6) is 5.75 Å². The second-order valence-corrected chi connectivity index (χ2v) is 5.07. The molecule has 0 aliphatic heterocycles. The van der Waals surface area contributed by atoms with Crippen LogP contribution in [0.2, 0.25) is 5.02 Å². The summed E-state index contributed by atoms with van der Waals surface area (Å²) in [5.41, 5.74) is 1.25. The molecule has 0 aliphatic carbocycles. The van der Waals surface area contributed by atoms with Gasteiger partial charge in [0, 0.05) is 23.3 Å². The maximum Gasteiger partial charge on any atom is 0.319 e. The molecule has 0 saturated carbocycles. The van der Waals surface area contributed by atoms with Crippen molar-refractivity contribution >= 4 is 23.3 Å². The van der Waals surface area contributed by atoms with Crippen molar-refractivity contribution < 1.29 is 14.6 Å². The van der Waals surface area contributed by atoms with Crippen molar-refractivity contribution in [2.75, 3.05) is 19.0 Å². The van der Waals surface area contributed by atoms with Gasteiger partial charge in [-0.2, -0.15) is 0 Å². The second kappa shape index (κ2) is 7.68. The average molecular weight is 321 g/mol. The molecule has 0 saturated heterocycles. The van der Waals surface area contributed by atoms with E-state index < -0.39 is 12.1 Å². The molecule has 0 spiro atoms. The van der Waals surface area contributed by atoms with Crippen molar-refractivity contribution in [1.82, 2.24) is 5.32 Å². The minimum atomic E-state index is -0.824. The number of aliphatic hydroxyl groups is 1. The molecule has 0 aliphatic rings. The summed E-state index contributed by atoms with van der Waals surface area (Å²) < 4.78 is 5.08. The third-order valence-corrected chi connectivity index (χ3v) is 3.25. The Morgan fingerprint density at radius 1 is 1.27 bits per heavy atom. The van der Waals surface area contributed by atoms with Gasteiger partial charge < -0.3 is 20.5 Å². The number of aliphatic hydroxyl groups excluding tert-OH is 1. The molecule has 0 bridgehead atoms. The topological polar surface area (TPSA) is 70.6 Å². The van der Waals surface area contributed by atoms with Crippen LogP contribution >= 0.6 is 11.6 Å². The first-order valence-electron chi connectivity index (χ1n) is 6.71. The zero-order valence-corrected chi connectivity index (χ0v) is 12.8. The summed E-state index contributed by atoms with van der Waals surface area (Å²) >= 11 is 5.86. The van der Waals surface area contributed by atoms with E-state index in [1.807, 2.05) is 0 Å². The predicted molar refractivity (Wildman–Crippen MR) is 86.4 cm³/mol. The molecule has 6 heteroatoms. The molecule has 0 aromatic heterocycles. The van der Waals surface area contributed by atoms with E-state index in [0.29, 0.717) is 22.0 Å². The van der Waals surface area contributed by atoms with Crippen molar-refractivity contribution in [1.29, 1.82) is 0 Å². The molecule has 3 N–H and O–H groups in total. The number of nitrogens with one attached hydrogen (secondary N) is 2. The minimum absolute atomic E-state index is 0.0795. The summed E-state index contributed by atoms with van der Waals surface area (Å²) in [4.78, 5) is 11.8. The van der Waals surface area contributed by atoms with Crippen LogP contribution in [0.3, 0.4) is 0 Å². The molecule has 0 radical (unpaired) electrons. The lowest BCUT2D eigenvalue weighted by molar-refractivity contribution is 0.175. The summed E-state index contributed by atoms with van der Waals surface area (Å²) in [6.45, 7) is 0.0795. The number of benzene rings is 2. The molecule has 116 valence electrons. The van der Waals surface area contributed by atoms with E-state index in [9.17, 15) is 9.90 Å². The molecule has 2 amide bonds. The van der Waals surface area contributed by atoms with Gasteiger partial charge in [0.1, 0.15) is 5.75 Å². The van der Waals surface area contributed by atoms with Gasteiger partial charge >= 0.3 is 6.03 Å². The van der Waals surface area contributed by atoms with Gasteiger partial charge in [0.2, 0.25) is 0 Å². The second-order valence-electron chi connectivity index (χ2n) is 4.64. The highest BCUT2D eigenvalue weighted by Gasteiger charge is 2.10. The smallest absolute Gasteiger partial charge is 0.319 e. The van der Waals surface area contributed by atoms with Gasteiger partial charge in [0.05, 0.1) is 13.2 Å². The number of hydrogen-bond donors (Lipinski definition) is 3. The highest BCUT2D eigenvalue weighted by molar-refractivity contribution is 6.30. The quantitative estimate of drug-likeness (QED) is 0.792. The molecule has 2 aromatic rings. The normalized spacial score (nSPS) is 11.6. The van der Waals surface area contributed by atoms with Crippen LogP contribution in [-0.2, 0) is 0 Å². The number of urea groups is 1. The Labute approximate surface area is 133 Å². The number of ether oxygens (including phenoxy) is 1. The Kier molecular flexibility index (Phi) is 5.63. The van der Waals surface area contributed by atoms with Crippen LogP contribution in [-0.4, -0.2) is 24.8 Å². The fourth-order valence-electron chi connectivity index (χ4n) is 1.90. The van der Waals surface area contributed by atoms with Crippen molar-refractivity contribution in [2.24, 2.45) is 0 Å². The number of carbonyl (C=O) groups excluding carboxylic acids is 1. The van der Waals surface area contributed by atoms with Crippen LogP contribution in [0.15, 0.2) is 48.5 Å². The zero-order valence-electron chi connectivity index (χ0n) is 12.0. The van der Waals surface area contributed by atoms with Gasteiger partial charge in [-0.1, -0.05) is 29.8 Å². The van der Waals surface area contributed by atoms with E-state index >= 15 is 0 Å². The number of amides is 2. The van der Waals surface area contributed by atoms with Crippen LogP contribution in [0.25, 0.3) is 0 Å². The third kappa shape index (κ3) is 4.65. The first kappa shape index (κ1) is 16.1. The van der Waals surface area contributed by atoms with E-state index in [4.69, 9.17) is 16.3 Å². The fourth-order valence-corrected chi connectivity index (χ4v) is 2.10. The lowest BCUT2D eigenvalue weighted by Crippen LogP contribution is -2.32. The van der Waals surface area contributed by atoms with Gasteiger partial charge in [-0.25, -0.2) is 4.79 Å². The van der Waals surface area contributed by atoms with Crippen LogP contribution in [0, 0.1) is 0 Å². The number of halogens is 1. The van der Waals surface area contributed by atoms with E-state index in [0.717, 1.165) is 0 Å². The van der Waals surface area contributed by atoms with Crippen molar-refractivity contribution in [2.45, 2.75) is 6.10 Å². The number of carbonyl (C=O) groups is 1. The standard InChI is InChI=1S/C16H17ClN2O3/c1-22-14-7-3-6-13(9-14)19-16(21)18-10-15(20)11-4-2-5-12(17)8-11/h2-9,15,20H,10H2,1H3,(H2,18,19,21). The summed E-state index contributed by atoms with van der Waals surface area (Å²) in [6, 6.07) is 13.5. The molecule has 2 aromatic carbocycles. The van der Waals surface area contributed by atoms with Gasteiger partial charge in [0.25, 0.3) is 0 Å².